The van der Waals surface area contributed by atoms with Crippen LogP contribution in [0.4, 0.5) is 0 Å². The Labute approximate surface area is 257 Å². The summed E-state index contributed by atoms with van der Waals surface area (Å²) < 4.78 is 12.3. The Morgan fingerprint density at radius 2 is 1.70 bits per heavy atom. The first-order chi connectivity index (χ1) is 21.1. The van der Waals surface area contributed by atoms with Gasteiger partial charge in [0.25, 0.3) is 5.56 Å². The van der Waals surface area contributed by atoms with Gasteiger partial charge in [0.2, 0.25) is 5.91 Å². The van der Waals surface area contributed by atoms with Gasteiger partial charge in [0, 0.05) is 30.6 Å². The maximum Gasteiger partial charge on any atom is 0.439 e. The zero-order valence-corrected chi connectivity index (χ0v) is 26.1. The molecule has 1 amide bonds. The van der Waals surface area contributed by atoms with E-state index in [9.17, 15) is 14.4 Å². The number of carbonyl (C=O) groups excluding carboxylic acids is 1. The molecule has 4 aromatic rings. The number of unbranched alkanes of at least 4 members (excludes halogenated alkanes) is 1. The molecule has 2 atom stereocenters. The van der Waals surface area contributed by atoms with E-state index in [-0.39, 0.29) is 36.0 Å². The predicted molar refractivity (Wildman–Crippen MR) is 169 cm³/mol. The monoisotopic (exact) mass is 599 g/mol. The number of nitrogens with one attached hydrogen (secondary N) is 1. The standard InChI is InChI=1S/C34H41N5O5/c1-6-7-12-29-35-31(21(2)3)28(17-30(40)38-18-22(4)43-23(5)19-38)33(41)39(29)20-24-13-15-25(16-14-24)26-10-8-9-11-27(26)32-36-34(42)44-37-32/h8-11,13-16,21-23H,6-7,12,17-20H2,1-5H3,(H,36,37,42). The lowest BCUT2D eigenvalue weighted by atomic mass is 9.98. The Morgan fingerprint density at radius 1 is 1.02 bits per heavy atom. The van der Waals surface area contributed by atoms with Crippen LogP contribution in [-0.4, -0.2) is 55.8 Å². The molecule has 10 nitrogen and oxygen atoms in total. The van der Waals surface area contributed by atoms with Crippen molar-refractivity contribution >= 4 is 5.91 Å². The number of H-pyrrole nitrogens is 1. The van der Waals surface area contributed by atoms with Crippen LogP contribution in [0.5, 0.6) is 0 Å². The van der Waals surface area contributed by atoms with E-state index in [1.54, 1.807) is 4.57 Å². The summed E-state index contributed by atoms with van der Waals surface area (Å²) in [5.41, 5.74) is 4.54. The number of carbonyl (C=O) groups is 1. The Hall–Kier alpha value is -4.31. The fourth-order valence-electron chi connectivity index (χ4n) is 5.89. The number of ether oxygens (including phenoxy) is 1. The Bertz CT molecular complexity index is 1710. The molecule has 2 aromatic carbocycles. The quantitative estimate of drug-likeness (QED) is 0.274. The van der Waals surface area contributed by atoms with Gasteiger partial charge in [-0.1, -0.05) is 80.9 Å². The second-order valence-corrected chi connectivity index (χ2v) is 12.0. The van der Waals surface area contributed by atoms with E-state index in [1.807, 2.05) is 81.1 Å². The number of morpholine rings is 1. The molecule has 1 N–H and O–H groups in total. The number of hydrogen-bond acceptors (Lipinski definition) is 7. The van der Waals surface area contributed by atoms with Crippen molar-refractivity contribution in [2.75, 3.05) is 13.1 Å². The number of aromatic amines is 1. The summed E-state index contributed by atoms with van der Waals surface area (Å²) in [6.45, 7) is 11.5. The largest absolute Gasteiger partial charge is 0.439 e. The van der Waals surface area contributed by atoms with Crippen LogP contribution in [0.1, 0.15) is 76.0 Å². The zero-order chi connectivity index (χ0) is 31.4. The van der Waals surface area contributed by atoms with Gasteiger partial charge in [-0.15, -0.1) is 0 Å². The minimum atomic E-state index is -0.610. The molecule has 44 heavy (non-hydrogen) atoms. The number of hydrogen-bond donors (Lipinski definition) is 1. The topological polar surface area (TPSA) is 123 Å². The van der Waals surface area contributed by atoms with Gasteiger partial charge < -0.3 is 9.64 Å². The van der Waals surface area contributed by atoms with E-state index < -0.39 is 5.76 Å². The van der Waals surface area contributed by atoms with E-state index in [4.69, 9.17) is 14.2 Å². The van der Waals surface area contributed by atoms with Crippen molar-refractivity contribution in [2.24, 2.45) is 0 Å². The molecule has 232 valence electrons. The van der Waals surface area contributed by atoms with E-state index in [0.717, 1.165) is 40.9 Å². The lowest BCUT2D eigenvalue weighted by molar-refractivity contribution is -0.142. The average Bonchev–Trinajstić information content (AvgIpc) is 3.44. The summed E-state index contributed by atoms with van der Waals surface area (Å²) in [6.07, 6.45) is 2.49. The fourth-order valence-corrected chi connectivity index (χ4v) is 5.89. The first-order valence-electron chi connectivity index (χ1n) is 15.4. The number of rotatable bonds is 10. The molecule has 0 radical (unpaired) electrons. The van der Waals surface area contributed by atoms with Crippen molar-refractivity contribution in [2.45, 2.75) is 85.0 Å². The lowest BCUT2D eigenvalue weighted by Crippen LogP contribution is -2.49. The Morgan fingerprint density at radius 3 is 2.32 bits per heavy atom. The van der Waals surface area contributed by atoms with Gasteiger partial charge in [0.15, 0.2) is 5.82 Å². The highest BCUT2D eigenvalue weighted by atomic mass is 16.5. The van der Waals surface area contributed by atoms with Crippen LogP contribution in [-0.2, 0) is 28.9 Å². The lowest BCUT2D eigenvalue weighted by Gasteiger charge is -2.35. The van der Waals surface area contributed by atoms with Crippen molar-refractivity contribution in [1.29, 1.82) is 0 Å². The molecule has 1 aliphatic rings. The molecule has 5 rings (SSSR count). The molecular weight excluding hydrogens is 558 g/mol. The molecule has 0 saturated carbocycles. The van der Waals surface area contributed by atoms with E-state index in [2.05, 4.69) is 17.1 Å². The van der Waals surface area contributed by atoms with Gasteiger partial charge >= 0.3 is 5.76 Å². The molecular formula is C34H41N5O5. The summed E-state index contributed by atoms with van der Waals surface area (Å²) in [7, 11) is 0. The molecule has 1 fully saturated rings. The van der Waals surface area contributed by atoms with E-state index in [1.165, 1.54) is 0 Å². The van der Waals surface area contributed by atoms with Crippen molar-refractivity contribution in [1.82, 2.24) is 24.6 Å². The third-order valence-electron chi connectivity index (χ3n) is 8.00. The Balaban J connectivity index is 1.48. The number of nitrogens with zero attached hydrogens (tertiary/aromatic N) is 4. The molecule has 3 heterocycles. The van der Waals surface area contributed by atoms with Crippen molar-refractivity contribution in [3.8, 4) is 22.5 Å². The zero-order valence-electron chi connectivity index (χ0n) is 26.1. The van der Waals surface area contributed by atoms with Crippen LogP contribution in [0.25, 0.3) is 22.5 Å². The Kier molecular flexibility index (Phi) is 9.58. The van der Waals surface area contributed by atoms with Crippen LogP contribution in [0.3, 0.4) is 0 Å². The molecule has 1 aliphatic heterocycles. The van der Waals surface area contributed by atoms with Crippen LogP contribution >= 0.6 is 0 Å². The van der Waals surface area contributed by atoms with Crippen LogP contribution in [0.15, 0.2) is 62.6 Å². The first kappa shape index (κ1) is 31.1. The van der Waals surface area contributed by atoms with Gasteiger partial charge in [0.1, 0.15) is 5.82 Å². The minimum Gasteiger partial charge on any atom is -0.372 e. The molecule has 0 spiro atoms. The van der Waals surface area contributed by atoms with Gasteiger partial charge in [-0.2, -0.15) is 0 Å². The number of benzene rings is 2. The average molecular weight is 600 g/mol. The molecule has 2 unspecified atom stereocenters. The number of amides is 1. The first-order valence-corrected chi connectivity index (χ1v) is 15.4. The van der Waals surface area contributed by atoms with E-state index in [0.29, 0.717) is 43.1 Å². The number of aryl methyl sites for hydroxylation is 1. The molecule has 10 heteroatoms. The third-order valence-corrected chi connectivity index (χ3v) is 8.00. The summed E-state index contributed by atoms with van der Waals surface area (Å²) in [4.78, 5) is 48.7. The minimum absolute atomic E-state index is 0.00192. The summed E-state index contributed by atoms with van der Waals surface area (Å²) in [6, 6.07) is 15.6. The van der Waals surface area contributed by atoms with Gasteiger partial charge in [-0.25, -0.2) is 9.78 Å². The van der Waals surface area contributed by atoms with Crippen LogP contribution in [0.2, 0.25) is 0 Å². The highest BCUT2D eigenvalue weighted by Gasteiger charge is 2.28. The molecule has 0 bridgehead atoms. The summed E-state index contributed by atoms with van der Waals surface area (Å²) in [5, 5.41) is 3.85. The molecule has 2 aromatic heterocycles. The fraction of sp³-hybridized carbons (Fsp3) is 0.441. The predicted octanol–water partition coefficient (Wildman–Crippen LogP) is 4.95. The van der Waals surface area contributed by atoms with Gasteiger partial charge in [-0.05, 0) is 42.9 Å². The van der Waals surface area contributed by atoms with Crippen LogP contribution in [0, 0.1) is 0 Å². The highest BCUT2D eigenvalue weighted by molar-refractivity contribution is 5.80. The molecule has 0 aliphatic carbocycles. The second kappa shape index (κ2) is 13.5. The van der Waals surface area contributed by atoms with Crippen molar-refractivity contribution in [3.63, 3.8) is 0 Å². The smallest absolute Gasteiger partial charge is 0.372 e. The highest BCUT2D eigenvalue weighted by Crippen LogP contribution is 2.30. The van der Waals surface area contributed by atoms with Gasteiger partial charge in [0.05, 0.1) is 30.9 Å². The number of aromatic nitrogens is 4. The van der Waals surface area contributed by atoms with Crippen LogP contribution < -0.4 is 11.3 Å². The maximum atomic E-state index is 14.2. The second-order valence-electron chi connectivity index (χ2n) is 12.0. The van der Waals surface area contributed by atoms with Crippen molar-refractivity contribution in [3.05, 3.63) is 92.1 Å². The SMILES string of the molecule is CCCCc1nc(C(C)C)c(CC(=O)N2CC(C)OC(C)C2)c(=O)n1Cc1ccc(-c2ccccc2-c2noc(=O)[nH]2)cc1. The summed E-state index contributed by atoms with van der Waals surface area (Å²) >= 11 is 0. The molecule has 1 saturated heterocycles. The van der Waals surface area contributed by atoms with E-state index >= 15 is 0 Å². The summed E-state index contributed by atoms with van der Waals surface area (Å²) in [5.74, 6) is 0.428. The third kappa shape index (κ3) is 6.91. The van der Waals surface area contributed by atoms with Gasteiger partial charge in [-0.3, -0.25) is 23.7 Å². The van der Waals surface area contributed by atoms with Crippen molar-refractivity contribution < 1.29 is 14.1 Å². The maximum absolute atomic E-state index is 14.2. The normalized spacial score (nSPS) is 16.9.